The number of aromatic nitrogens is 2. The zero-order chi connectivity index (χ0) is 23.1. The van der Waals surface area contributed by atoms with Crippen LogP contribution in [0.3, 0.4) is 0 Å². The largest absolute Gasteiger partial charge is 0.493 e. The first kappa shape index (κ1) is 22.6. The van der Waals surface area contributed by atoms with E-state index in [1.165, 1.54) is 12.5 Å². The van der Waals surface area contributed by atoms with Crippen LogP contribution < -0.4 is 9.64 Å². The number of nitrogens with zero attached hydrogens (tertiary/aromatic N) is 4. The second-order valence-electron chi connectivity index (χ2n) is 10.3. The number of piperidine rings is 1. The number of anilines is 1. The third kappa shape index (κ3) is 5.00. The zero-order valence-electron chi connectivity index (χ0n) is 19.4. The molecule has 0 radical (unpaired) electrons. The molecule has 3 aliphatic heterocycles. The van der Waals surface area contributed by atoms with E-state index in [4.69, 9.17) is 13.9 Å². The van der Waals surface area contributed by atoms with Crippen LogP contribution in [0.25, 0.3) is 0 Å². The van der Waals surface area contributed by atoms with Gasteiger partial charge in [0.15, 0.2) is 0 Å². The quantitative estimate of drug-likeness (QED) is 0.675. The van der Waals surface area contributed by atoms with Gasteiger partial charge in [0.1, 0.15) is 17.2 Å². The molecule has 8 nitrogen and oxygen atoms in total. The summed E-state index contributed by atoms with van der Waals surface area (Å²) in [7, 11) is 0. The van der Waals surface area contributed by atoms with Gasteiger partial charge in [-0.2, -0.15) is 0 Å². The molecule has 1 spiro atoms. The first-order valence-electron chi connectivity index (χ1n) is 11.8. The van der Waals surface area contributed by atoms with Gasteiger partial charge in [0.05, 0.1) is 31.9 Å². The van der Waals surface area contributed by atoms with E-state index in [0.29, 0.717) is 25.1 Å². The molecule has 33 heavy (non-hydrogen) atoms. The third-order valence-electron chi connectivity index (χ3n) is 7.20. The molecular formula is C24H33FN4O4. The summed E-state index contributed by atoms with van der Waals surface area (Å²) in [6.45, 7) is 8.18. The van der Waals surface area contributed by atoms with Crippen molar-refractivity contribution in [1.82, 2.24) is 15.1 Å². The summed E-state index contributed by atoms with van der Waals surface area (Å²) in [4.78, 5) is 4.58. The molecule has 4 heterocycles. The predicted molar refractivity (Wildman–Crippen MR) is 120 cm³/mol. The lowest BCUT2D eigenvalue weighted by Gasteiger charge is -2.46. The average Bonchev–Trinajstić information content (AvgIpc) is 3.43. The standard InChI is InChI=1S/C24H33FN4O4/c1-23(2,30)7-10-31-21-4-3-18(25)11-20(21)17-5-8-28(9-6-17)19-12-24(33-13-19)14-29(15-24)22-27-26-16-32-22/h3-4,11,16-17,19,30H,5-10,12-15H2,1-2H3. The van der Waals surface area contributed by atoms with E-state index in [9.17, 15) is 9.50 Å². The van der Waals surface area contributed by atoms with Gasteiger partial charge in [-0.1, -0.05) is 5.10 Å². The highest BCUT2D eigenvalue weighted by Gasteiger charge is 2.52. The van der Waals surface area contributed by atoms with E-state index in [1.54, 1.807) is 26.0 Å². The van der Waals surface area contributed by atoms with Gasteiger partial charge in [-0.15, -0.1) is 5.10 Å². The summed E-state index contributed by atoms with van der Waals surface area (Å²) in [5.74, 6) is 0.768. The molecule has 3 saturated heterocycles. The third-order valence-corrected chi connectivity index (χ3v) is 7.20. The molecule has 1 aromatic carbocycles. The zero-order valence-corrected chi connectivity index (χ0v) is 19.4. The minimum Gasteiger partial charge on any atom is -0.493 e. The van der Waals surface area contributed by atoms with Gasteiger partial charge >= 0.3 is 6.01 Å². The molecule has 9 heteroatoms. The Kier molecular flexibility index (Phi) is 6.05. The van der Waals surface area contributed by atoms with Crippen molar-refractivity contribution in [1.29, 1.82) is 0 Å². The molecule has 3 fully saturated rings. The van der Waals surface area contributed by atoms with E-state index in [2.05, 4.69) is 20.0 Å². The minimum absolute atomic E-state index is 0.111. The van der Waals surface area contributed by atoms with Crippen LogP contribution in [-0.2, 0) is 4.74 Å². The van der Waals surface area contributed by atoms with Gasteiger partial charge in [0, 0.05) is 18.0 Å². The van der Waals surface area contributed by atoms with Crippen molar-refractivity contribution in [3.63, 3.8) is 0 Å². The van der Waals surface area contributed by atoms with E-state index in [-0.39, 0.29) is 17.3 Å². The van der Waals surface area contributed by atoms with Crippen molar-refractivity contribution in [2.45, 2.75) is 62.7 Å². The predicted octanol–water partition coefficient (Wildman–Crippen LogP) is 2.98. The molecule has 0 saturated carbocycles. The topological polar surface area (TPSA) is 84.1 Å². The normalized spacial score (nSPS) is 23.8. The number of aliphatic hydroxyl groups is 1. The summed E-state index contributed by atoms with van der Waals surface area (Å²) >= 11 is 0. The molecule has 1 N–H and O–H groups in total. The highest BCUT2D eigenvalue weighted by Crippen LogP contribution is 2.41. The van der Waals surface area contributed by atoms with Crippen molar-refractivity contribution in [3.8, 4) is 5.75 Å². The first-order valence-corrected chi connectivity index (χ1v) is 11.8. The Labute approximate surface area is 193 Å². The van der Waals surface area contributed by atoms with Gasteiger partial charge in [0.2, 0.25) is 6.39 Å². The number of hydrogen-bond donors (Lipinski definition) is 1. The van der Waals surface area contributed by atoms with E-state index in [1.807, 2.05) is 0 Å². The molecular weight excluding hydrogens is 427 g/mol. The maximum Gasteiger partial charge on any atom is 0.318 e. The number of rotatable bonds is 7. The average molecular weight is 461 g/mol. The molecule has 1 unspecified atom stereocenters. The van der Waals surface area contributed by atoms with E-state index >= 15 is 0 Å². The molecule has 5 rings (SSSR count). The van der Waals surface area contributed by atoms with Crippen molar-refractivity contribution >= 4 is 6.01 Å². The fraction of sp³-hybridized carbons (Fsp3) is 0.667. The van der Waals surface area contributed by atoms with Crippen LogP contribution in [0, 0.1) is 5.82 Å². The van der Waals surface area contributed by atoms with Crippen LogP contribution in [0.1, 0.15) is 51.0 Å². The van der Waals surface area contributed by atoms with Gasteiger partial charge in [0.25, 0.3) is 0 Å². The van der Waals surface area contributed by atoms with Crippen molar-refractivity contribution in [2.75, 3.05) is 44.3 Å². The summed E-state index contributed by atoms with van der Waals surface area (Å²) in [5.41, 5.74) is 0.0495. The lowest BCUT2D eigenvalue weighted by atomic mass is 9.86. The Morgan fingerprint density at radius 2 is 2.06 bits per heavy atom. The Balaban J connectivity index is 1.15. The minimum atomic E-state index is -0.783. The second-order valence-corrected chi connectivity index (χ2v) is 10.3. The maximum atomic E-state index is 14.1. The van der Waals surface area contributed by atoms with Gasteiger partial charge in [-0.25, -0.2) is 4.39 Å². The molecule has 0 amide bonds. The van der Waals surface area contributed by atoms with Crippen LogP contribution in [0.15, 0.2) is 29.0 Å². The smallest absolute Gasteiger partial charge is 0.318 e. The number of ether oxygens (including phenoxy) is 2. The monoisotopic (exact) mass is 460 g/mol. The molecule has 0 bridgehead atoms. The fourth-order valence-electron chi connectivity index (χ4n) is 5.32. The Morgan fingerprint density at radius 3 is 2.76 bits per heavy atom. The lowest BCUT2D eigenvalue weighted by molar-refractivity contribution is -0.0216. The number of benzene rings is 1. The van der Waals surface area contributed by atoms with Crippen molar-refractivity contribution < 1.29 is 23.4 Å². The molecule has 180 valence electrons. The van der Waals surface area contributed by atoms with Gasteiger partial charge in [-0.3, -0.25) is 4.90 Å². The van der Waals surface area contributed by atoms with E-state index < -0.39 is 5.60 Å². The van der Waals surface area contributed by atoms with Gasteiger partial charge in [-0.05, 0) is 70.3 Å². The van der Waals surface area contributed by atoms with Crippen molar-refractivity contribution in [3.05, 3.63) is 36.0 Å². The van der Waals surface area contributed by atoms with Gasteiger partial charge < -0.3 is 23.9 Å². The van der Waals surface area contributed by atoms with Crippen LogP contribution in [0.4, 0.5) is 10.4 Å². The lowest BCUT2D eigenvalue weighted by Crippen LogP contribution is -2.62. The Bertz CT molecular complexity index is 934. The summed E-state index contributed by atoms with van der Waals surface area (Å²) < 4.78 is 31.5. The summed E-state index contributed by atoms with van der Waals surface area (Å²) in [6.07, 6.45) is 4.81. The molecule has 3 aliphatic rings. The Hall–Kier alpha value is -2.23. The highest BCUT2D eigenvalue weighted by atomic mass is 19.1. The van der Waals surface area contributed by atoms with Crippen molar-refractivity contribution in [2.24, 2.45) is 0 Å². The molecule has 2 aromatic rings. The summed E-state index contributed by atoms with van der Waals surface area (Å²) in [6, 6.07) is 5.76. The fourth-order valence-corrected chi connectivity index (χ4v) is 5.32. The van der Waals surface area contributed by atoms with Crippen LogP contribution in [-0.4, -0.2) is 76.8 Å². The molecule has 1 aromatic heterocycles. The molecule has 1 atom stereocenters. The second kappa shape index (κ2) is 8.85. The number of likely N-dealkylation sites (tertiary alicyclic amines) is 1. The Morgan fingerprint density at radius 1 is 1.27 bits per heavy atom. The summed E-state index contributed by atoms with van der Waals surface area (Å²) in [5, 5.41) is 17.7. The first-order chi connectivity index (χ1) is 15.8. The van der Waals surface area contributed by atoms with Crippen LogP contribution >= 0.6 is 0 Å². The van der Waals surface area contributed by atoms with E-state index in [0.717, 1.165) is 63.4 Å². The number of halogens is 1. The van der Waals surface area contributed by atoms with Crippen LogP contribution in [0.5, 0.6) is 5.75 Å². The SMILES string of the molecule is CC(C)(O)CCOc1ccc(F)cc1C1CCN(C2COC3(C2)CN(c2nnco2)C3)CC1. The molecule has 0 aliphatic carbocycles. The maximum absolute atomic E-state index is 14.1. The van der Waals surface area contributed by atoms with Crippen LogP contribution in [0.2, 0.25) is 0 Å². The highest BCUT2D eigenvalue weighted by molar-refractivity contribution is 5.37. The number of hydrogen-bond acceptors (Lipinski definition) is 8.